The Morgan fingerprint density at radius 3 is 2.57 bits per heavy atom. The highest BCUT2D eigenvalue weighted by Gasteiger charge is 2.21. The molecule has 0 aliphatic heterocycles. The number of carbonyl (C=O) groups is 2. The quantitative estimate of drug-likeness (QED) is 0.644. The molecule has 3 N–H and O–H groups in total. The highest BCUT2D eigenvalue weighted by molar-refractivity contribution is 5.71. The summed E-state index contributed by atoms with van der Waals surface area (Å²) in [5.74, 6) is 0.467. The topological polar surface area (TPSA) is 81.4 Å². The van der Waals surface area contributed by atoms with E-state index in [1.165, 1.54) is 0 Å². The molecule has 0 heterocycles. The maximum absolute atomic E-state index is 10.4. The normalized spacial score (nSPS) is 26.6. The number of hydrogen-bond donors (Lipinski definition) is 2. The van der Waals surface area contributed by atoms with Crippen molar-refractivity contribution in [3.8, 4) is 0 Å². The number of urea groups is 1. The van der Waals surface area contributed by atoms with Gasteiger partial charge in [0.2, 0.25) is 0 Å². The van der Waals surface area contributed by atoms with Crippen LogP contribution in [0.5, 0.6) is 0 Å². The maximum Gasteiger partial charge on any atom is 0.312 e. The van der Waals surface area contributed by atoms with Crippen molar-refractivity contribution in [2.75, 3.05) is 6.54 Å². The number of nitrogens with two attached hydrogens (primary N) is 1. The third-order valence-electron chi connectivity index (χ3n) is 2.61. The van der Waals surface area contributed by atoms with Crippen molar-refractivity contribution in [3.05, 3.63) is 0 Å². The molecule has 14 heavy (non-hydrogen) atoms. The first kappa shape index (κ1) is 10.8. The van der Waals surface area contributed by atoms with Gasteiger partial charge in [-0.25, -0.2) is 4.79 Å². The lowest BCUT2D eigenvalue weighted by molar-refractivity contribution is -0.135. The van der Waals surface area contributed by atoms with Crippen LogP contribution in [0, 0.1) is 5.92 Å². The molecule has 1 saturated carbocycles. The van der Waals surface area contributed by atoms with Crippen molar-refractivity contribution in [1.29, 1.82) is 0 Å². The second kappa shape index (κ2) is 5.47. The molecule has 1 fully saturated rings. The molecule has 5 nitrogen and oxygen atoms in total. The molecule has 0 aromatic rings. The van der Waals surface area contributed by atoms with Crippen LogP contribution < -0.4 is 11.1 Å². The Bertz CT molecular complexity index is 200. The van der Waals surface area contributed by atoms with Gasteiger partial charge in [-0.05, 0) is 31.6 Å². The standard InChI is InChI=1S/C9H16N2O3/c10-9(13)11-5-7-1-3-8(4-2-7)14-6-12/h6-8H,1-5H2,(H3,10,11,13). The van der Waals surface area contributed by atoms with Crippen molar-refractivity contribution in [2.45, 2.75) is 31.8 Å². The van der Waals surface area contributed by atoms with Gasteiger partial charge in [0.15, 0.2) is 0 Å². The van der Waals surface area contributed by atoms with Crippen LogP contribution in [0.25, 0.3) is 0 Å². The van der Waals surface area contributed by atoms with E-state index in [0.717, 1.165) is 25.7 Å². The number of nitrogens with one attached hydrogen (secondary N) is 1. The summed E-state index contributed by atoms with van der Waals surface area (Å²) in [6.45, 7) is 1.13. The summed E-state index contributed by atoms with van der Waals surface area (Å²) in [5, 5.41) is 2.59. The fourth-order valence-electron chi connectivity index (χ4n) is 1.80. The Hall–Kier alpha value is -1.26. The largest absolute Gasteiger partial charge is 0.465 e. The van der Waals surface area contributed by atoms with E-state index in [-0.39, 0.29) is 6.10 Å². The van der Waals surface area contributed by atoms with Crippen LogP contribution in [-0.2, 0) is 9.53 Å². The maximum atomic E-state index is 10.4. The van der Waals surface area contributed by atoms with Crippen LogP contribution in [0.3, 0.4) is 0 Å². The number of ether oxygens (including phenoxy) is 1. The minimum atomic E-state index is -0.476. The fraction of sp³-hybridized carbons (Fsp3) is 0.778. The predicted molar refractivity (Wildman–Crippen MR) is 50.5 cm³/mol. The number of carbonyl (C=O) groups excluding carboxylic acids is 2. The average molecular weight is 200 g/mol. The zero-order valence-corrected chi connectivity index (χ0v) is 8.07. The molecule has 1 aliphatic rings. The molecule has 0 aromatic carbocycles. The van der Waals surface area contributed by atoms with Gasteiger partial charge in [0.05, 0.1) is 0 Å². The van der Waals surface area contributed by atoms with Gasteiger partial charge in [0.25, 0.3) is 6.47 Å². The number of hydrogen-bond acceptors (Lipinski definition) is 3. The van der Waals surface area contributed by atoms with E-state index in [1.807, 2.05) is 0 Å². The Kier molecular flexibility index (Phi) is 4.22. The summed E-state index contributed by atoms with van der Waals surface area (Å²) in [4.78, 5) is 20.5. The molecule has 1 rings (SSSR count). The molecular formula is C9H16N2O3. The third kappa shape index (κ3) is 3.64. The molecule has 0 spiro atoms. The van der Waals surface area contributed by atoms with Crippen molar-refractivity contribution in [2.24, 2.45) is 11.7 Å². The molecular weight excluding hydrogens is 184 g/mol. The molecule has 0 radical (unpaired) electrons. The Morgan fingerprint density at radius 2 is 2.07 bits per heavy atom. The van der Waals surface area contributed by atoms with Gasteiger partial charge >= 0.3 is 6.03 Å². The van der Waals surface area contributed by atoms with Crippen LogP contribution in [0.15, 0.2) is 0 Å². The Morgan fingerprint density at radius 1 is 1.43 bits per heavy atom. The van der Waals surface area contributed by atoms with Crippen molar-refractivity contribution in [1.82, 2.24) is 5.32 Å². The van der Waals surface area contributed by atoms with Gasteiger partial charge in [-0.2, -0.15) is 0 Å². The molecule has 0 atom stereocenters. The minimum Gasteiger partial charge on any atom is -0.465 e. The summed E-state index contributed by atoms with van der Waals surface area (Å²) in [6, 6.07) is -0.476. The van der Waals surface area contributed by atoms with E-state index in [9.17, 15) is 9.59 Å². The molecule has 5 heteroatoms. The second-order valence-corrected chi connectivity index (χ2v) is 3.62. The zero-order chi connectivity index (χ0) is 10.4. The lowest BCUT2D eigenvalue weighted by Crippen LogP contribution is -2.35. The van der Waals surface area contributed by atoms with Gasteiger partial charge in [-0.15, -0.1) is 0 Å². The van der Waals surface area contributed by atoms with E-state index < -0.39 is 6.03 Å². The molecule has 0 bridgehead atoms. The van der Waals surface area contributed by atoms with Gasteiger partial charge < -0.3 is 15.8 Å². The van der Waals surface area contributed by atoms with Crippen molar-refractivity contribution in [3.63, 3.8) is 0 Å². The molecule has 0 unspecified atom stereocenters. The molecule has 0 aromatic heterocycles. The van der Waals surface area contributed by atoms with Gasteiger partial charge in [0.1, 0.15) is 6.10 Å². The Labute approximate surface area is 83.0 Å². The first-order valence-corrected chi connectivity index (χ1v) is 4.84. The van der Waals surface area contributed by atoms with E-state index in [1.54, 1.807) is 0 Å². The second-order valence-electron chi connectivity index (χ2n) is 3.62. The summed E-state index contributed by atoms with van der Waals surface area (Å²) >= 11 is 0. The third-order valence-corrected chi connectivity index (χ3v) is 2.61. The number of primary amides is 1. The van der Waals surface area contributed by atoms with Gasteiger partial charge in [-0.3, -0.25) is 4.79 Å². The highest BCUT2D eigenvalue weighted by atomic mass is 16.5. The lowest BCUT2D eigenvalue weighted by Gasteiger charge is -2.26. The van der Waals surface area contributed by atoms with Crippen LogP contribution in [0.4, 0.5) is 4.79 Å². The first-order chi connectivity index (χ1) is 6.72. The Balaban J connectivity index is 2.15. The smallest absolute Gasteiger partial charge is 0.312 e. The van der Waals surface area contributed by atoms with Crippen LogP contribution in [0.2, 0.25) is 0 Å². The molecule has 2 amide bonds. The van der Waals surface area contributed by atoms with Crippen LogP contribution in [0.1, 0.15) is 25.7 Å². The zero-order valence-electron chi connectivity index (χ0n) is 8.07. The summed E-state index contributed by atoms with van der Waals surface area (Å²) in [7, 11) is 0. The minimum absolute atomic E-state index is 0.0670. The van der Waals surface area contributed by atoms with Crippen LogP contribution in [-0.4, -0.2) is 25.2 Å². The van der Waals surface area contributed by atoms with E-state index in [4.69, 9.17) is 10.5 Å². The number of amides is 2. The lowest BCUT2D eigenvalue weighted by atomic mass is 9.87. The summed E-state index contributed by atoms with van der Waals surface area (Å²) in [6.07, 6.45) is 3.77. The molecule has 1 aliphatic carbocycles. The van der Waals surface area contributed by atoms with E-state index in [2.05, 4.69) is 5.32 Å². The average Bonchev–Trinajstić information content (AvgIpc) is 2.17. The predicted octanol–water partition coefficient (Wildman–Crippen LogP) is 0.386. The van der Waals surface area contributed by atoms with Crippen molar-refractivity contribution >= 4 is 12.5 Å². The van der Waals surface area contributed by atoms with Gasteiger partial charge in [0, 0.05) is 6.54 Å². The van der Waals surface area contributed by atoms with Crippen LogP contribution >= 0.6 is 0 Å². The van der Waals surface area contributed by atoms with E-state index >= 15 is 0 Å². The fourth-order valence-corrected chi connectivity index (χ4v) is 1.80. The SMILES string of the molecule is NC(=O)NCC1CCC(OC=O)CC1. The number of rotatable bonds is 4. The summed E-state index contributed by atoms with van der Waals surface area (Å²) < 4.78 is 4.86. The summed E-state index contributed by atoms with van der Waals surface area (Å²) in [5.41, 5.74) is 4.96. The highest BCUT2D eigenvalue weighted by Crippen LogP contribution is 2.25. The van der Waals surface area contributed by atoms with Gasteiger partial charge in [-0.1, -0.05) is 0 Å². The monoisotopic (exact) mass is 200 g/mol. The van der Waals surface area contributed by atoms with E-state index in [0.29, 0.717) is 18.9 Å². The molecule has 0 saturated heterocycles. The first-order valence-electron chi connectivity index (χ1n) is 4.84. The van der Waals surface area contributed by atoms with Crippen molar-refractivity contribution < 1.29 is 14.3 Å². The molecule has 80 valence electrons.